The van der Waals surface area contributed by atoms with Crippen molar-refractivity contribution in [3.8, 4) is 0 Å². The van der Waals surface area contributed by atoms with Gasteiger partial charge in [-0.25, -0.2) is 5.84 Å². The number of hydrogen-bond donors (Lipinski definition) is 2. The molecule has 2 aliphatic heterocycles. The van der Waals surface area contributed by atoms with Crippen molar-refractivity contribution < 1.29 is 0 Å². The first-order valence-electron chi connectivity index (χ1n) is 7.17. The Morgan fingerprint density at radius 2 is 1.40 bits per heavy atom. The van der Waals surface area contributed by atoms with Gasteiger partial charge in [-0.05, 0) is 19.9 Å². The standard InChI is InChI=1S/C12H22N8/c1-18-6-8-20(9-7-18)12-15-10(17-13)14-11(16-12)19-4-2-3-5-19/h2-9,13H2,1H3,(H,14,15,16,17). The predicted octanol–water partition coefficient (Wildman–Crippen LogP) is -0.491. The first kappa shape index (κ1) is 13.3. The summed E-state index contributed by atoms with van der Waals surface area (Å²) in [4.78, 5) is 20.1. The van der Waals surface area contributed by atoms with Crippen LogP contribution in [0.1, 0.15) is 12.8 Å². The van der Waals surface area contributed by atoms with Crippen LogP contribution in [0, 0.1) is 0 Å². The Hall–Kier alpha value is -1.67. The van der Waals surface area contributed by atoms with Crippen molar-refractivity contribution in [2.45, 2.75) is 12.8 Å². The zero-order valence-corrected chi connectivity index (χ0v) is 11.9. The van der Waals surface area contributed by atoms with E-state index in [2.05, 4.69) is 42.1 Å². The minimum absolute atomic E-state index is 0.441. The molecular weight excluding hydrogens is 256 g/mol. The van der Waals surface area contributed by atoms with Crippen LogP contribution in [-0.2, 0) is 0 Å². The van der Waals surface area contributed by atoms with Gasteiger partial charge in [0.05, 0.1) is 0 Å². The van der Waals surface area contributed by atoms with Gasteiger partial charge in [-0.15, -0.1) is 0 Å². The molecule has 8 heteroatoms. The van der Waals surface area contributed by atoms with E-state index in [1.807, 2.05) is 0 Å². The lowest BCUT2D eigenvalue weighted by molar-refractivity contribution is 0.311. The van der Waals surface area contributed by atoms with Gasteiger partial charge < -0.3 is 14.7 Å². The Labute approximate surface area is 119 Å². The highest BCUT2D eigenvalue weighted by molar-refractivity contribution is 5.45. The van der Waals surface area contributed by atoms with Crippen LogP contribution in [0.25, 0.3) is 0 Å². The van der Waals surface area contributed by atoms with Crippen LogP contribution < -0.4 is 21.1 Å². The summed E-state index contributed by atoms with van der Waals surface area (Å²) in [7, 11) is 2.13. The van der Waals surface area contributed by atoms with Gasteiger partial charge in [-0.1, -0.05) is 0 Å². The van der Waals surface area contributed by atoms with E-state index in [-0.39, 0.29) is 0 Å². The number of hydrazine groups is 1. The van der Waals surface area contributed by atoms with Crippen LogP contribution in [0.4, 0.5) is 17.8 Å². The second kappa shape index (κ2) is 5.76. The van der Waals surface area contributed by atoms with Gasteiger partial charge in [0.15, 0.2) is 0 Å². The first-order chi connectivity index (χ1) is 9.76. The van der Waals surface area contributed by atoms with E-state index >= 15 is 0 Å². The maximum Gasteiger partial charge on any atom is 0.243 e. The lowest BCUT2D eigenvalue weighted by Crippen LogP contribution is -2.45. The number of anilines is 3. The van der Waals surface area contributed by atoms with Gasteiger partial charge in [0.25, 0.3) is 0 Å². The molecular formula is C12H22N8. The Kier molecular flexibility index (Phi) is 3.83. The summed E-state index contributed by atoms with van der Waals surface area (Å²) in [5.41, 5.74) is 2.55. The van der Waals surface area contributed by atoms with Crippen LogP contribution in [0.2, 0.25) is 0 Å². The molecule has 0 bridgehead atoms. The maximum atomic E-state index is 5.49. The summed E-state index contributed by atoms with van der Waals surface area (Å²) in [6.07, 6.45) is 2.39. The Balaban J connectivity index is 1.83. The van der Waals surface area contributed by atoms with Crippen molar-refractivity contribution >= 4 is 17.8 Å². The second-order valence-electron chi connectivity index (χ2n) is 5.39. The lowest BCUT2D eigenvalue weighted by Gasteiger charge is -2.32. The molecule has 3 N–H and O–H groups in total. The van der Waals surface area contributed by atoms with Crippen LogP contribution in [0.15, 0.2) is 0 Å². The third kappa shape index (κ3) is 2.75. The van der Waals surface area contributed by atoms with E-state index in [4.69, 9.17) is 5.84 Å². The van der Waals surface area contributed by atoms with E-state index < -0.39 is 0 Å². The number of aromatic nitrogens is 3. The molecule has 1 aromatic rings. The SMILES string of the molecule is CN1CCN(c2nc(NN)nc(N3CCCC3)n2)CC1. The van der Waals surface area contributed by atoms with E-state index in [0.717, 1.165) is 51.2 Å². The fourth-order valence-corrected chi connectivity index (χ4v) is 2.62. The number of nitrogen functional groups attached to an aromatic ring is 1. The van der Waals surface area contributed by atoms with Gasteiger partial charge in [-0.2, -0.15) is 15.0 Å². The van der Waals surface area contributed by atoms with E-state index in [0.29, 0.717) is 5.95 Å². The van der Waals surface area contributed by atoms with Gasteiger partial charge >= 0.3 is 0 Å². The number of nitrogens with one attached hydrogen (secondary N) is 1. The molecule has 3 heterocycles. The number of nitrogens with two attached hydrogens (primary N) is 1. The molecule has 110 valence electrons. The Bertz CT molecular complexity index is 451. The Morgan fingerprint density at radius 1 is 0.850 bits per heavy atom. The predicted molar refractivity (Wildman–Crippen MR) is 78.8 cm³/mol. The molecule has 2 saturated heterocycles. The van der Waals surface area contributed by atoms with Crippen LogP contribution in [-0.4, -0.2) is 66.2 Å². The topological polar surface area (TPSA) is 86.4 Å². The minimum atomic E-state index is 0.441. The van der Waals surface area contributed by atoms with Gasteiger partial charge in [-0.3, -0.25) is 5.43 Å². The molecule has 3 rings (SSSR count). The monoisotopic (exact) mass is 278 g/mol. The molecule has 0 atom stereocenters. The van der Waals surface area contributed by atoms with E-state index in [1.54, 1.807) is 0 Å². The largest absolute Gasteiger partial charge is 0.341 e. The average Bonchev–Trinajstić information content (AvgIpc) is 3.02. The van der Waals surface area contributed by atoms with E-state index in [1.165, 1.54) is 12.8 Å². The Morgan fingerprint density at radius 3 is 1.95 bits per heavy atom. The van der Waals surface area contributed by atoms with Crippen molar-refractivity contribution in [3.63, 3.8) is 0 Å². The molecule has 8 nitrogen and oxygen atoms in total. The van der Waals surface area contributed by atoms with Crippen LogP contribution in [0.3, 0.4) is 0 Å². The molecule has 0 spiro atoms. The van der Waals surface area contributed by atoms with Gasteiger partial charge in [0.1, 0.15) is 0 Å². The molecule has 0 radical (unpaired) electrons. The smallest absolute Gasteiger partial charge is 0.243 e. The number of rotatable bonds is 3. The van der Waals surface area contributed by atoms with Crippen molar-refractivity contribution in [2.24, 2.45) is 5.84 Å². The first-order valence-corrected chi connectivity index (χ1v) is 7.17. The van der Waals surface area contributed by atoms with Crippen LogP contribution in [0.5, 0.6) is 0 Å². The molecule has 0 amide bonds. The fourth-order valence-electron chi connectivity index (χ4n) is 2.62. The lowest BCUT2D eigenvalue weighted by atomic mass is 10.3. The zero-order valence-electron chi connectivity index (χ0n) is 11.9. The number of hydrogen-bond acceptors (Lipinski definition) is 8. The molecule has 0 unspecified atom stereocenters. The molecule has 0 aliphatic carbocycles. The minimum Gasteiger partial charge on any atom is -0.341 e. The summed E-state index contributed by atoms with van der Waals surface area (Å²) in [5, 5.41) is 0. The summed E-state index contributed by atoms with van der Waals surface area (Å²) in [6.45, 7) is 5.94. The molecule has 1 aromatic heterocycles. The third-order valence-corrected chi connectivity index (χ3v) is 3.92. The van der Waals surface area contributed by atoms with Crippen LogP contribution >= 0.6 is 0 Å². The molecule has 0 aromatic carbocycles. The summed E-state index contributed by atoms with van der Waals surface area (Å²) >= 11 is 0. The normalized spacial score (nSPS) is 20.5. The summed E-state index contributed by atoms with van der Waals surface area (Å²) in [6, 6.07) is 0. The zero-order chi connectivity index (χ0) is 13.9. The quantitative estimate of drug-likeness (QED) is 0.566. The number of piperazine rings is 1. The van der Waals surface area contributed by atoms with Crippen molar-refractivity contribution in [1.82, 2.24) is 19.9 Å². The molecule has 0 saturated carbocycles. The van der Waals surface area contributed by atoms with Crippen molar-refractivity contribution in [3.05, 3.63) is 0 Å². The van der Waals surface area contributed by atoms with Crippen molar-refractivity contribution in [1.29, 1.82) is 0 Å². The fraction of sp³-hybridized carbons (Fsp3) is 0.750. The average molecular weight is 278 g/mol. The maximum absolute atomic E-state index is 5.49. The highest BCUT2D eigenvalue weighted by Gasteiger charge is 2.21. The third-order valence-electron chi connectivity index (χ3n) is 3.92. The molecule has 2 aliphatic rings. The second-order valence-corrected chi connectivity index (χ2v) is 5.39. The molecule has 2 fully saturated rings. The highest BCUT2D eigenvalue weighted by atomic mass is 15.4. The highest BCUT2D eigenvalue weighted by Crippen LogP contribution is 2.20. The summed E-state index contributed by atoms with van der Waals surface area (Å²) < 4.78 is 0. The van der Waals surface area contributed by atoms with Gasteiger partial charge in [0.2, 0.25) is 17.8 Å². The van der Waals surface area contributed by atoms with E-state index in [9.17, 15) is 0 Å². The summed E-state index contributed by atoms with van der Waals surface area (Å²) in [5.74, 6) is 7.39. The number of nitrogens with zero attached hydrogens (tertiary/aromatic N) is 6. The van der Waals surface area contributed by atoms with Crippen molar-refractivity contribution in [2.75, 3.05) is 61.5 Å². The molecule has 20 heavy (non-hydrogen) atoms. The van der Waals surface area contributed by atoms with Gasteiger partial charge in [0, 0.05) is 39.3 Å². The number of likely N-dealkylation sites (N-methyl/N-ethyl adjacent to an activating group) is 1.